The van der Waals surface area contributed by atoms with E-state index < -0.39 is 6.04 Å². The summed E-state index contributed by atoms with van der Waals surface area (Å²) < 4.78 is 0. The van der Waals surface area contributed by atoms with E-state index in [2.05, 4.69) is 5.32 Å². The number of hydrogen-bond donors (Lipinski definition) is 2. The Morgan fingerprint density at radius 3 is 2.50 bits per heavy atom. The Bertz CT molecular complexity index is 572. The third-order valence-electron chi connectivity index (χ3n) is 2.99. The lowest BCUT2D eigenvalue weighted by Crippen LogP contribution is -2.41. The molecule has 104 valence electrons. The highest BCUT2D eigenvalue weighted by Crippen LogP contribution is 2.10. The van der Waals surface area contributed by atoms with Gasteiger partial charge in [-0.3, -0.25) is 4.79 Å². The van der Waals surface area contributed by atoms with Gasteiger partial charge in [-0.05, 0) is 29.7 Å². The van der Waals surface area contributed by atoms with E-state index in [4.69, 9.17) is 17.3 Å². The minimum absolute atomic E-state index is 0.158. The van der Waals surface area contributed by atoms with Crippen molar-refractivity contribution < 1.29 is 4.79 Å². The van der Waals surface area contributed by atoms with Gasteiger partial charge in [-0.15, -0.1) is 0 Å². The van der Waals surface area contributed by atoms with Gasteiger partial charge < -0.3 is 11.1 Å². The predicted octanol–water partition coefficient (Wildman–Crippen LogP) is 2.53. The Labute approximate surface area is 123 Å². The van der Waals surface area contributed by atoms with Crippen LogP contribution in [0.5, 0.6) is 0 Å². The van der Waals surface area contributed by atoms with Gasteiger partial charge in [-0.25, -0.2) is 0 Å². The summed E-state index contributed by atoms with van der Waals surface area (Å²) in [4.78, 5) is 11.9. The van der Waals surface area contributed by atoms with Crippen LogP contribution < -0.4 is 11.1 Å². The van der Waals surface area contributed by atoms with Crippen molar-refractivity contribution in [2.45, 2.75) is 19.0 Å². The number of hydrogen-bond acceptors (Lipinski definition) is 2. The van der Waals surface area contributed by atoms with Crippen LogP contribution in [-0.4, -0.2) is 11.9 Å². The first-order chi connectivity index (χ1) is 9.65. The van der Waals surface area contributed by atoms with Crippen LogP contribution in [0.2, 0.25) is 5.02 Å². The highest BCUT2D eigenvalue weighted by atomic mass is 35.5. The van der Waals surface area contributed by atoms with Gasteiger partial charge in [0.05, 0.1) is 6.04 Å². The van der Waals surface area contributed by atoms with Gasteiger partial charge in [0.25, 0.3) is 0 Å². The quantitative estimate of drug-likeness (QED) is 0.888. The normalized spacial score (nSPS) is 11.9. The maximum Gasteiger partial charge on any atom is 0.237 e. The monoisotopic (exact) mass is 288 g/mol. The van der Waals surface area contributed by atoms with Crippen LogP contribution in [0.4, 0.5) is 0 Å². The fraction of sp³-hybridized carbons (Fsp3) is 0.188. The standard InChI is InChI=1S/C16H17ClN2O/c17-14-8-4-7-13(9-14)11-19-16(20)15(18)10-12-5-2-1-3-6-12/h1-9,15H,10-11,18H2,(H,19,20). The fourth-order valence-electron chi connectivity index (χ4n) is 1.93. The molecular weight excluding hydrogens is 272 g/mol. The summed E-state index contributed by atoms with van der Waals surface area (Å²) in [5.41, 5.74) is 7.92. The molecule has 4 heteroatoms. The Balaban J connectivity index is 1.85. The Morgan fingerprint density at radius 1 is 1.10 bits per heavy atom. The zero-order valence-electron chi connectivity index (χ0n) is 11.1. The van der Waals surface area contributed by atoms with Crippen LogP contribution in [0.3, 0.4) is 0 Å². The van der Waals surface area contributed by atoms with E-state index in [1.54, 1.807) is 6.07 Å². The number of carbonyl (C=O) groups is 1. The summed E-state index contributed by atoms with van der Waals surface area (Å²) >= 11 is 5.89. The molecule has 0 aliphatic rings. The largest absolute Gasteiger partial charge is 0.351 e. The van der Waals surface area contributed by atoms with Crippen molar-refractivity contribution in [1.82, 2.24) is 5.32 Å². The zero-order valence-corrected chi connectivity index (χ0v) is 11.8. The molecule has 0 spiro atoms. The number of nitrogens with two attached hydrogens (primary N) is 1. The van der Waals surface area contributed by atoms with Crippen molar-refractivity contribution in [3.8, 4) is 0 Å². The summed E-state index contributed by atoms with van der Waals surface area (Å²) in [6, 6.07) is 16.6. The third-order valence-corrected chi connectivity index (χ3v) is 3.23. The van der Waals surface area contributed by atoms with Gasteiger partial charge in [0, 0.05) is 11.6 Å². The van der Waals surface area contributed by atoms with Crippen molar-refractivity contribution in [2.75, 3.05) is 0 Å². The van der Waals surface area contributed by atoms with E-state index in [9.17, 15) is 4.79 Å². The molecule has 2 rings (SSSR count). The molecule has 0 aromatic heterocycles. The summed E-state index contributed by atoms with van der Waals surface area (Å²) in [6.07, 6.45) is 0.530. The van der Waals surface area contributed by atoms with E-state index in [1.807, 2.05) is 48.5 Å². The number of halogens is 1. The van der Waals surface area contributed by atoms with Crippen LogP contribution in [-0.2, 0) is 17.8 Å². The zero-order chi connectivity index (χ0) is 14.4. The summed E-state index contributed by atoms with van der Waals surface area (Å²) in [7, 11) is 0. The molecule has 0 saturated carbocycles. The van der Waals surface area contributed by atoms with E-state index in [1.165, 1.54) is 0 Å². The first kappa shape index (κ1) is 14.6. The second-order valence-electron chi connectivity index (χ2n) is 4.64. The van der Waals surface area contributed by atoms with Gasteiger partial charge in [0.15, 0.2) is 0 Å². The lowest BCUT2D eigenvalue weighted by molar-refractivity contribution is -0.122. The topological polar surface area (TPSA) is 55.1 Å². The van der Waals surface area contributed by atoms with Gasteiger partial charge in [0.1, 0.15) is 0 Å². The lowest BCUT2D eigenvalue weighted by Gasteiger charge is -2.12. The summed E-state index contributed by atoms with van der Waals surface area (Å²) in [5, 5.41) is 3.48. The predicted molar refractivity (Wildman–Crippen MR) is 81.4 cm³/mol. The van der Waals surface area contributed by atoms with Crippen LogP contribution in [0.15, 0.2) is 54.6 Å². The molecule has 0 bridgehead atoms. The molecular formula is C16H17ClN2O. The molecule has 3 nitrogen and oxygen atoms in total. The van der Waals surface area contributed by atoms with Gasteiger partial charge in [-0.1, -0.05) is 54.1 Å². The van der Waals surface area contributed by atoms with Crippen molar-refractivity contribution in [2.24, 2.45) is 5.73 Å². The second kappa shape index (κ2) is 7.08. The minimum Gasteiger partial charge on any atom is -0.351 e. The molecule has 1 unspecified atom stereocenters. The number of nitrogens with one attached hydrogen (secondary N) is 1. The average molecular weight is 289 g/mol. The Hall–Kier alpha value is -1.84. The van der Waals surface area contributed by atoms with Crippen LogP contribution in [0.25, 0.3) is 0 Å². The molecule has 0 fully saturated rings. The molecule has 1 atom stereocenters. The molecule has 2 aromatic carbocycles. The first-order valence-electron chi connectivity index (χ1n) is 6.47. The van der Waals surface area contributed by atoms with Crippen molar-refractivity contribution in [1.29, 1.82) is 0 Å². The summed E-state index contributed by atoms with van der Waals surface area (Å²) in [5.74, 6) is -0.158. The molecule has 20 heavy (non-hydrogen) atoms. The van der Waals surface area contributed by atoms with Crippen LogP contribution in [0.1, 0.15) is 11.1 Å². The molecule has 0 radical (unpaired) electrons. The molecule has 0 heterocycles. The van der Waals surface area contributed by atoms with E-state index in [0.29, 0.717) is 18.0 Å². The van der Waals surface area contributed by atoms with Crippen molar-refractivity contribution in [3.63, 3.8) is 0 Å². The average Bonchev–Trinajstić information content (AvgIpc) is 2.46. The maximum atomic E-state index is 11.9. The van der Waals surface area contributed by atoms with Gasteiger partial charge >= 0.3 is 0 Å². The fourth-order valence-corrected chi connectivity index (χ4v) is 2.14. The Morgan fingerprint density at radius 2 is 1.80 bits per heavy atom. The molecule has 2 aromatic rings. The van der Waals surface area contributed by atoms with Crippen molar-refractivity contribution >= 4 is 17.5 Å². The molecule has 3 N–H and O–H groups in total. The molecule has 1 amide bonds. The van der Waals surface area contributed by atoms with E-state index >= 15 is 0 Å². The van der Waals surface area contributed by atoms with Crippen LogP contribution >= 0.6 is 11.6 Å². The Kier molecular flexibility index (Phi) is 5.16. The van der Waals surface area contributed by atoms with E-state index in [-0.39, 0.29) is 5.91 Å². The van der Waals surface area contributed by atoms with Crippen LogP contribution in [0, 0.1) is 0 Å². The number of benzene rings is 2. The lowest BCUT2D eigenvalue weighted by atomic mass is 10.1. The second-order valence-corrected chi connectivity index (χ2v) is 5.08. The minimum atomic E-state index is -0.545. The number of rotatable bonds is 5. The maximum absolute atomic E-state index is 11.9. The first-order valence-corrected chi connectivity index (χ1v) is 6.84. The SMILES string of the molecule is NC(Cc1ccccc1)C(=O)NCc1cccc(Cl)c1. The molecule has 0 aliphatic heterocycles. The third kappa shape index (κ3) is 4.37. The van der Waals surface area contributed by atoms with Gasteiger partial charge in [0.2, 0.25) is 5.91 Å². The molecule has 0 aliphatic carbocycles. The molecule has 0 saturated heterocycles. The van der Waals surface area contributed by atoms with Gasteiger partial charge in [-0.2, -0.15) is 0 Å². The van der Waals surface area contributed by atoms with Crippen molar-refractivity contribution in [3.05, 3.63) is 70.7 Å². The highest BCUT2D eigenvalue weighted by Gasteiger charge is 2.13. The highest BCUT2D eigenvalue weighted by molar-refractivity contribution is 6.30. The number of carbonyl (C=O) groups excluding carboxylic acids is 1. The summed E-state index contributed by atoms with van der Waals surface area (Å²) in [6.45, 7) is 0.432. The van der Waals surface area contributed by atoms with E-state index in [0.717, 1.165) is 11.1 Å². The smallest absolute Gasteiger partial charge is 0.237 e. The number of amides is 1.